The number of likely N-dealkylation sites (tertiary alicyclic amines) is 1. The zero-order chi connectivity index (χ0) is 14.6. The molecule has 0 aromatic carbocycles. The molecule has 114 valence electrons. The molecular formula is C16H29N3O. The Hall–Kier alpha value is -0.870. The number of aliphatic hydroxyl groups is 1. The molecule has 1 aliphatic rings. The largest absolute Gasteiger partial charge is 0.391 e. The van der Waals surface area contributed by atoms with Crippen LogP contribution in [0, 0.1) is 0 Å². The minimum Gasteiger partial charge on any atom is -0.391 e. The lowest BCUT2D eigenvalue weighted by Gasteiger charge is -2.44. The van der Waals surface area contributed by atoms with Gasteiger partial charge in [0.05, 0.1) is 6.10 Å². The number of aliphatic hydroxyl groups excluding tert-OH is 1. The van der Waals surface area contributed by atoms with Crippen LogP contribution >= 0.6 is 0 Å². The predicted molar refractivity (Wildman–Crippen MR) is 81.7 cm³/mol. The molecule has 1 N–H and O–H groups in total. The van der Waals surface area contributed by atoms with Crippen molar-refractivity contribution in [2.75, 3.05) is 13.1 Å². The Morgan fingerprint density at radius 3 is 2.65 bits per heavy atom. The number of rotatable bonds is 6. The summed E-state index contributed by atoms with van der Waals surface area (Å²) >= 11 is 0. The number of hydrogen-bond donors (Lipinski definition) is 1. The quantitative estimate of drug-likeness (QED) is 0.869. The molecule has 0 radical (unpaired) electrons. The van der Waals surface area contributed by atoms with Crippen molar-refractivity contribution in [3.05, 3.63) is 18.2 Å². The van der Waals surface area contributed by atoms with Crippen molar-refractivity contribution >= 4 is 0 Å². The highest BCUT2D eigenvalue weighted by molar-refractivity contribution is 5.00. The van der Waals surface area contributed by atoms with Crippen molar-refractivity contribution in [3.8, 4) is 0 Å². The Morgan fingerprint density at radius 2 is 2.00 bits per heavy atom. The average molecular weight is 279 g/mol. The van der Waals surface area contributed by atoms with E-state index < -0.39 is 0 Å². The molecule has 0 aliphatic carbocycles. The number of piperidine rings is 1. The van der Waals surface area contributed by atoms with Crippen LogP contribution in [0.1, 0.15) is 52.3 Å². The molecule has 1 atom stereocenters. The molecule has 4 heteroatoms. The van der Waals surface area contributed by atoms with Gasteiger partial charge in [-0.3, -0.25) is 4.90 Å². The first kappa shape index (κ1) is 15.5. The lowest BCUT2D eigenvalue weighted by atomic mass is 9.90. The van der Waals surface area contributed by atoms with Gasteiger partial charge in [-0.1, -0.05) is 13.3 Å². The Labute approximate surface area is 122 Å². The van der Waals surface area contributed by atoms with Crippen molar-refractivity contribution in [2.45, 2.75) is 71.1 Å². The predicted octanol–water partition coefficient (Wildman–Crippen LogP) is 2.46. The van der Waals surface area contributed by atoms with Crippen molar-refractivity contribution in [1.82, 2.24) is 14.5 Å². The van der Waals surface area contributed by atoms with Crippen molar-refractivity contribution in [2.24, 2.45) is 0 Å². The molecule has 1 unspecified atom stereocenters. The number of aromatic nitrogens is 2. The van der Waals surface area contributed by atoms with Gasteiger partial charge in [-0.2, -0.15) is 0 Å². The highest BCUT2D eigenvalue weighted by Gasteiger charge is 2.35. The minimum atomic E-state index is -0.376. The number of hydrogen-bond acceptors (Lipinski definition) is 3. The highest BCUT2D eigenvalue weighted by atomic mass is 16.3. The van der Waals surface area contributed by atoms with Gasteiger partial charge in [0.1, 0.15) is 5.82 Å². The fourth-order valence-corrected chi connectivity index (χ4v) is 3.08. The van der Waals surface area contributed by atoms with Gasteiger partial charge in [0.2, 0.25) is 0 Å². The highest BCUT2D eigenvalue weighted by Crippen LogP contribution is 2.25. The molecule has 0 saturated carbocycles. The van der Waals surface area contributed by atoms with Crippen LogP contribution in [-0.4, -0.2) is 44.3 Å². The molecule has 2 rings (SSSR count). The van der Waals surface area contributed by atoms with Crippen molar-refractivity contribution in [3.63, 3.8) is 0 Å². The summed E-state index contributed by atoms with van der Waals surface area (Å²) in [6, 6.07) is 0. The van der Waals surface area contributed by atoms with Crippen LogP contribution in [0.2, 0.25) is 0 Å². The van der Waals surface area contributed by atoms with Gasteiger partial charge in [0.15, 0.2) is 0 Å². The minimum absolute atomic E-state index is 0.177. The van der Waals surface area contributed by atoms with E-state index in [-0.39, 0.29) is 11.6 Å². The van der Waals surface area contributed by atoms with E-state index in [1.807, 2.05) is 12.4 Å². The maximum atomic E-state index is 10.7. The third-order valence-corrected chi connectivity index (χ3v) is 4.63. The number of imidazole rings is 1. The van der Waals surface area contributed by atoms with Gasteiger partial charge in [-0.05, 0) is 46.2 Å². The first-order chi connectivity index (χ1) is 9.55. The molecule has 1 saturated heterocycles. The van der Waals surface area contributed by atoms with Crippen LogP contribution < -0.4 is 0 Å². The Morgan fingerprint density at radius 1 is 1.30 bits per heavy atom. The second kappa shape index (κ2) is 6.72. The standard InChI is InChI=1S/C16H29N3O/c1-4-9-18-12-8-17-15(18)13-14(20)16(2,3)19-10-6-5-7-11-19/h8,12,14,20H,4-7,9-11,13H2,1-3H3. The normalized spacial score (nSPS) is 19.2. The maximum absolute atomic E-state index is 10.7. The van der Waals surface area contributed by atoms with E-state index in [1.165, 1.54) is 19.3 Å². The molecule has 0 amide bonds. The summed E-state index contributed by atoms with van der Waals surface area (Å²) in [6.45, 7) is 9.68. The van der Waals surface area contributed by atoms with Crippen LogP contribution in [0.25, 0.3) is 0 Å². The second-order valence-electron chi connectivity index (χ2n) is 6.46. The molecule has 1 aromatic heterocycles. The summed E-state index contributed by atoms with van der Waals surface area (Å²) < 4.78 is 2.16. The molecular weight excluding hydrogens is 250 g/mol. The van der Waals surface area contributed by atoms with Gasteiger partial charge in [0, 0.05) is 30.9 Å². The Bertz CT molecular complexity index is 408. The zero-order valence-corrected chi connectivity index (χ0v) is 13.2. The summed E-state index contributed by atoms with van der Waals surface area (Å²) in [4.78, 5) is 6.86. The van der Waals surface area contributed by atoms with Crippen LogP contribution in [0.3, 0.4) is 0 Å². The SMILES string of the molecule is CCCn1ccnc1CC(O)C(C)(C)N1CCCCC1. The fraction of sp³-hybridized carbons (Fsp3) is 0.812. The molecule has 0 bridgehead atoms. The maximum Gasteiger partial charge on any atom is 0.111 e. The third kappa shape index (κ3) is 3.41. The van der Waals surface area contributed by atoms with Gasteiger partial charge >= 0.3 is 0 Å². The van der Waals surface area contributed by atoms with Crippen LogP contribution in [0.4, 0.5) is 0 Å². The molecule has 2 heterocycles. The monoisotopic (exact) mass is 279 g/mol. The van der Waals surface area contributed by atoms with Crippen LogP contribution in [-0.2, 0) is 13.0 Å². The average Bonchev–Trinajstić information content (AvgIpc) is 2.87. The van der Waals surface area contributed by atoms with Gasteiger partial charge in [-0.15, -0.1) is 0 Å². The molecule has 0 spiro atoms. The zero-order valence-electron chi connectivity index (χ0n) is 13.2. The van der Waals surface area contributed by atoms with E-state index in [0.717, 1.165) is 31.9 Å². The van der Waals surface area contributed by atoms with Crippen LogP contribution in [0.5, 0.6) is 0 Å². The summed E-state index contributed by atoms with van der Waals surface area (Å²) in [5.41, 5.74) is -0.177. The smallest absolute Gasteiger partial charge is 0.111 e. The lowest BCUT2D eigenvalue weighted by molar-refractivity contribution is -0.0199. The van der Waals surface area contributed by atoms with E-state index in [0.29, 0.717) is 6.42 Å². The molecule has 4 nitrogen and oxygen atoms in total. The van der Waals surface area contributed by atoms with E-state index in [4.69, 9.17) is 0 Å². The summed E-state index contributed by atoms with van der Waals surface area (Å²) in [5.74, 6) is 1.00. The third-order valence-electron chi connectivity index (χ3n) is 4.63. The molecule has 1 fully saturated rings. The van der Waals surface area contributed by atoms with Gasteiger partial charge in [-0.25, -0.2) is 4.98 Å². The fourth-order valence-electron chi connectivity index (χ4n) is 3.08. The van der Waals surface area contributed by atoms with E-state index >= 15 is 0 Å². The van der Waals surface area contributed by atoms with Gasteiger partial charge < -0.3 is 9.67 Å². The molecule has 1 aromatic rings. The number of nitrogens with zero attached hydrogens (tertiary/aromatic N) is 3. The van der Waals surface area contributed by atoms with Crippen molar-refractivity contribution in [1.29, 1.82) is 0 Å². The summed E-state index contributed by atoms with van der Waals surface area (Å²) in [6.07, 6.45) is 9.03. The Balaban J connectivity index is 2.02. The topological polar surface area (TPSA) is 41.3 Å². The van der Waals surface area contributed by atoms with Crippen LogP contribution in [0.15, 0.2) is 12.4 Å². The molecule has 1 aliphatic heterocycles. The lowest BCUT2D eigenvalue weighted by Crippen LogP contribution is -2.55. The number of aryl methyl sites for hydroxylation is 1. The first-order valence-corrected chi connectivity index (χ1v) is 7.99. The van der Waals surface area contributed by atoms with E-state index in [1.54, 1.807) is 0 Å². The second-order valence-corrected chi connectivity index (χ2v) is 6.46. The Kier molecular flexibility index (Phi) is 5.22. The van der Waals surface area contributed by atoms with E-state index in [9.17, 15) is 5.11 Å². The summed E-state index contributed by atoms with van der Waals surface area (Å²) in [5, 5.41) is 10.7. The molecule has 20 heavy (non-hydrogen) atoms. The van der Waals surface area contributed by atoms with Crippen molar-refractivity contribution < 1.29 is 5.11 Å². The van der Waals surface area contributed by atoms with Gasteiger partial charge in [0.25, 0.3) is 0 Å². The first-order valence-electron chi connectivity index (χ1n) is 7.99. The van der Waals surface area contributed by atoms with E-state index in [2.05, 4.69) is 35.2 Å². The summed E-state index contributed by atoms with van der Waals surface area (Å²) in [7, 11) is 0.